The van der Waals surface area contributed by atoms with Crippen molar-refractivity contribution < 1.29 is 24.7 Å². The van der Waals surface area contributed by atoms with Crippen molar-refractivity contribution in [2.45, 2.75) is 31.2 Å². The number of nitrogens with zero attached hydrogens (tertiary/aromatic N) is 2. The van der Waals surface area contributed by atoms with E-state index >= 15 is 0 Å². The van der Waals surface area contributed by atoms with E-state index in [1.807, 2.05) is 0 Å². The Kier molecular flexibility index (Phi) is 2.33. The van der Waals surface area contributed by atoms with Crippen LogP contribution >= 0.6 is 0 Å². The second kappa shape index (κ2) is 3.38. The summed E-state index contributed by atoms with van der Waals surface area (Å²) < 4.78 is 1.34. The Hall–Kier alpha value is -1.73. The fourth-order valence-corrected chi connectivity index (χ4v) is 2.03. The molecule has 1 aromatic rings. The fourth-order valence-electron chi connectivity index (χ4n) is 2.03. The van der Waals surface area contributed by atoms with Gasteiger partial charge in [-0.15, -0.1) is 0 Å². The normalized spacial score (nSPS) is 35.9. The van der Waals surface area contributed by atoms with Gasteiger partial charge in [-0.05, 0) is 6.92 Å². The maximum absolute atomic E-state index is 11.2. The van der Waals surface area contributed by atoms with Gasteiger partial charge in [0.15, 0.2) is 6.10 Å². The van der Waals surface area contributed by atoms with Crippen molar-refractivity contribution in [2.24, 2.45) is 0 Å². The first-order valence-electron chi connectivity index (χ1n) is 5.08. The van der Waals surface area contributed by atoms with Crippen LogP contribution in [0.1, 0.15) is 13.8 Å². The van der Waals surface area contributed by atoms with Gasteiger partial charge in [0.1, 0.15) is 12.4 Å². The standard InChI is InChI=1S/C10H13N3O4/c1-9(8(15)16)7(14)10(2,17)13-4-3-11-5-6(13)12-9/h3-5,7,14,17H,1-2H3,(H,15,16)/p+1. The smallest absolute Gasteiger partial charge is 0.354 e. The molecular weight excluding hydrogens is 226 g/mol. The number of carboxylic acid groups (broad SMARTS) is 1. The van der Waals surface area contributed by atoms with E-state index in [0.717, 1.165) is 0 Å². The summed E-state index contributed by atoms with van der Waals surface area (Å²) in [5.41, 5.74) is -3.40. The number of hydrogen-bond acceptors (Lipinski definition) is 5. The van der Waals surface area contributed by atoms with Crippen molar-refractivity contribution >= 4 is 11.8 Å². The molecule has 2 heterocycles. The highest BCUT2D eigenvalue weighted by atomic mass is 16.4. The van der Waals surface area contributed by atoms with Crippen LogP contribution in [0.2, 0.25) is 0 Å². The third-order valence-corrected chi connectivity index (χ3v) is 3.14. The maximum Gasteiger partial charge on any atom is 0.354 e. The number of fused-ring (bicyclic) bond motifs is 1. The quantitative estimate of drug-likeness (QED) is 0.453. The van der Waals surface area contributed by atoms with E-state index in [1.54, 1.807) is 0 Å². The summed E-state index contributed by atoms with van der Waals surface area (Å²) in [5.74, 6) is -0.923. The molecule has 7 nitrogen and oxygen atoms in total. The van der Waals surface area contributed by atoms with Crippen molar-refractivity contribution in [2.75, 3.05) is 5.32 Å². The number of rotatable bonds is 1. The van der Waals surface area contributed by atoms with Gasteiger partial charge in [-0.1, -0.05) is 0 Å². The van der Waals surface area contributed by atoms with Crippen molar-refractivity contribution in [1.29, 1.82) is 0 Å². The van der Waals surface area contributed by atoms with E-state index in [0.29, 0.717) is 5.82 Å². The van der Waals surface area contributed by atoms with Gasteiger partial charge in [-0.2, -0.15) is 4.57 Å². The highest BCUT2D eigenvalue weighted by Gasteiger charge is 2.60. The average Bonchev–Trinajstić information content (AvgIpc) is 2.26. The molecule has 1 aliphatic rings. The third-order valence-electron chi connectivity index (χ3n) is 3.14. The van der Waals surface area contributed by atoms with Crippen molar-refractivity contribution in [3.05, 3.63) is 18.6 Å². The van der Waals surface area contributed by atoms with Crippen LogP contribution in [0.5, 0.6) is 0 Å². The second-order valence-corrected chi connectivity index (χ2v) is 4.46. The molecular formula is C10H14N3O4+. The molecule has 0 saturated heterocycles. The largest absolute Gasteiger partial charge is 0.478 e. The average molecular weight is 240 g/mol. The van der Waals surface area contributed by atoms with Gasteiger partial charge in [-0.3, -0.25) is 10.3 Å². The summed E-state index contributed by atoms with van der Waals surface area (Å²) in [7, 11) is 0. The van der Waals surface area contributed by atoms with Crippen molar-refractivity contribution in [3.63, 3.8) is 0 Å². The molecule has 0 amide bonds. The number of anilines is 1. The molecule has 0 bridgehead atoms. The van der Waals surface area contributed by atoms with Crippen molar-refractivity contribution in [3.8, 4) is 0 Å². The van der Waals surface area contributed by atoms with Crippen molar-refractivity contribution in [1.82, 2.24) is 4.98 Å². The predicted octanol–water partition coefficient (Wildman–Crippen LogP) is -1.34. The summed E-state index contributed by atoms with van der Waals surface area (Å²) in [5, 5.41) is 32.1. The van der Waals surface area contributed by atoms with Gasteiger partial charge in [0.25, 0.3) is 5.82 Å². The zero-order valence-electron chi connectivity index (χ0n) is 9.45. The zero-order chi connectivity index (χ0) is 12.8. The number of aliphatic hydroxyl groups excluding tert-OH is 1. The summed E-state index contributed by atoms with van der Waals surface area (Å²) in [6.07, 6.45) is 2.79. The van der Waals surface area contributed by atoms with E-state index in [9.17, 15) is 15.0 Å². The molecule has 0 spiro atoms. The topological polar surface area (TPSA) is 107 Å². The zero-order valence-corrected chi connectivity index (χ0v) is 9.45. The Balaban J connectivity index is 2.62. The molecule has 0 radical (unpaired) electrons. The third kappa shape index (κ3) is 1.47. The monoisotopic (exact) mass is 240 g/mol. The Bertz CT molecular complexity index is 476. The van der Waals surface area contributed by atoms with Gasteiger partial charge in [0.2, 0.25) is 11.3 Å². The molecule has 4 N–H and O–H groups in total. The lowest BCUT2D eigenvalue weighted by Gasteiger charge is -2.40. The molecule has 3 unspecified atom stereocenters. The Morgan fingerprint density at radius 2 is 2.24 bits per heavy atom. The first-order valence-corrected chi connectivity index (χ1v) is 5.08. The number of hydrogen-bond donors (Lipinski definition) is 4. The molecule has 7 heteroatoms. The van der Waals surface area contributed by atoms with E-state index in [1.165, 1.54) is 37.0 Å². The molecule has 17 heavy (non-hydrogen) atoms. The van der Waals surface area contributed by atoms with Gasteiger partial charge in [0.05, 0.1) is 6.20 Å². The minimum atomic E-state index is -1.73. The summed E-state index contributed by atoms with van der Waals surface area (Å²) in [6.45, 7) is 2.66. The van der Waals surface area contributed by atoms with E-state index < -0.39 is 23.3 Å². The lowest BCUT2D eigenvalue weighted by atomic mass is 9.85. The molecule has 0 saturated carbocycles. The molecule has 0 aliphatic carbocycles. The fraction of sp³-hybridized carbons (Fsp3) is 0.500. The number of carboxylic acids is 1. The van der Waals surface area contributed by atoms with Crippen LogP contribution in [-0.2, 0) is 10.5 Å². The highest BCUT2D eigenvalue weighted by molar-refractivity contribution is 5.83. The maximum atomic E-state index is 11.2. The summed E-state index contributed by atoms with van der Waals surface area (Å²) >= 11 is 0. The summed E-state index contributed by atoms with van der Waals surface area (Å²) in [4.78, 5) is 15.1. The molecule has 92 valence electrons. The van der Waals surface area contributed by atoms with Crippen LogP contribution in [0.25, 0.3) is 0 Å². The van der Waals surface area contributed by atoms with Crippen LogP contribution < -0.4 is 9.88 Å². The van der Waals surface area contributed by atoms with E-state index in [-0.39, 0.29) is 0 Å². The van der Waals surface area contributed by atoms with Crippen LogP contribution in [0.4, 0.5) is 5.82 Å². The first kappa shape index (κ1) is 11.7. The summed E-state index contributed by atoms with van der Waals surface area (Å²) in [6, 6.07) is 0. The molecule has 1 aliphatic heterocycles. The minimum absolute atomic E-state index is 0.327. The van der Waals surface area contributed by atoms with Crippen LogP contribution in [0, 0.1) is 0 Å². The highest BCUT2D eigenvalue weighted by Crippen LogP contribution is 2.30. The first-order chi connectivity index (χ1) is 7.80. The Labute approximate surface area is 97.4 Å². The number of aliphatic carboxylic acids is 1. The SMILES string of the molecule is CC1(C(=O)O)Nc2cncc[n+]2C(C)(O)C1O. The van der Waals surface area contributed by atoms with Gasteiger partial charge in [0, 0.05) is 6.92 Å². The second-order valence-electron chi connectivity index (χ2n) is 4.46. The predicted molar refractivity (Wildman–Crippen MR) is 56.0 cm³/mol. The van der Waals surface area contributed by atoms with Gasteiger partial charge < -0.3 is 15.3 Å². The van der Waals surface area contributed by atoms with Crippen LogP contribution in [0.3, 0.4) is 0 Å². The number of nitrogens with one attached hydrogen (secondary N) is 1. The number of aliphatic hydroxyl groups is 2. The number of aromatic nitrogens is 2. The van der Waals surface area contributed by atoms with Gasteiger partial charge >= 0.3 is 5.97 Å². The lowest BCUT2D eigenvalue weighted by Crippen LogP contribution is -2.75. The molecule has 3 atom stereocenters. The van der Waals surface area contributed by atoms with E-state index in [2.05, 4.69) is 10.3 Å². The lowest BCUT2D eigenvalue weighted by molar-refractivity contribution is -0.806. The Morgan fingerprint density at radius 1 is 1.59 bits per heavy atom. The Morgan fingerprint density at radius 3 is 2.82 bits per heavy atom. The minimum Gasteiger partial charge on any atom is -0.478 e. The molecule has 0 aromatic carbocycles. The van der Waals surface area contributed by atoms with Crippen LogP contribution in [0.15, 0.2) is 18.6 Å². The molecule has 2 rings (SSSR count). The van der Waals surface area contributed by atoms with Crippen LogP contribution in [-0.4, -0.2) is 37.9 Å². The molecule has 0 fully saturated rings. The van der Waals surface area contributed by atoms with E-state index in [4.69, 9.17) is 5.11 Å². The number of carbonyl (C=O) groups is 1. The van der Waals surface area contributed by atoms with Gasteiger partial charge in [-0.25, -0.2) is 4.79 Å². The molecule has 1 aromatic heterocycles.